The van der Waals surface area contributed by atoms with Crippen molar-refractivity contribution in [3.63, 3.8) is 0 Å². The summed E-state index contributed by atoms with van der Waals surface area (Å²) in [7, 11) is 1.61. The van der Waals surface area contributed by atoms with Gasteiger partial charge in [0, 0.05) is 23.8 Å². The van der Waals surface area contributed by atoms with Gasteiger partial charge in [-0.05, 0) is 49.9 Å². The molecule has 34 heavy (non-hydrogen) atoms. The number of Topliss-reactive ketones (excluding diaryl/α,β-unsaturated/α-hetero) is 1. The third-order valence-electron chi connectivity index (χ3n) is 5.50. The van der Waals surface area contributed by atoms with Gasteiger partial charge in [-0.15, -0.1) is 22.6 Å². The van der Waals surface area contributed by atoms with E-state index in [0.717, 1.165) is 16.7 Å². The lowest BCUT2D eigenvalue weighted by Crippen LogP contribution is -2.26. The van der Waals surface area contributed by atoms with Crippen molar-refractivity contribution in [3.8, 4) is 11.6 Å². The number of ether oxygens (including phenoxy) is 3. The van der Waals surface area contributed by atoms with Crippen LogP contribution in [0.1, 0.15) is 54.7 Å². The fraction of sp³-hybridized carbons (Fsp3) is 0.500. The maximum absolute atomic E-state index is 13.2. The first-order valence-electron chi connectivity index (χ1n) is 11.0. The fourth-order valence-corrected chi connectivity index (χ4v) is 3.37. The smallest absolute Gasteiger partial charge is 0.242 e. The lowest BCUT2D eigenvalue weighted by Gasteiger charge is -2.21. The van der Waals surface area contributed by atoms with Crippen molar-refractivity contribution in [2.24, 2.45) is 0 Å². The number of benzene rings is 1. The Hall–Kier alpha value is -2.91. The van der Waals surface area contributed by atoms with Crippen LogP contribution in [0, 0.1) is 19.3 Å². The summed E-state index contributed by atoms with van der Waals surface area (Å²) in [4.78, 5) is 13.2. The van der Waals surface area contributed by atoms with E-state index in [1.807, 2.05) is 32.9 Å². The molecule has 3 rings (SSSR count). The number of rotatable bonds is 9. The van der Waals surface area contributed by atoms with E-state index in [9.17, 15) is 4.79 Å². The highest BCUT2D eigenvalue weighted by molar-refractivity contribution is 5.96. The largest absolute Gasteiger partial charge is 0.491 e. The molecule has 0 aliphatic rings. The van der Waals surface area contributed by atoms with Crippen LogP contribution in [0.15, 0.2) is 18.2 Å². The molecule has 1 N–H and O–H groups in total. The lowest BCUT2D eigenvalue weighted by atomic mass is 9.85. The number of ketones is 1. The van der Waals surface area contributed by atoms with Crippen LogP contribution in [-0.4, -0.2) is 52.1 Å². The molecule has 0 amide bonds. The molecule has 0 fully saturated rings. The van der Waals surface area contributed by atoms with Crippen LogP contribution in [-0.2, 0) is 16.7 Å². The van der Waals surface area contributed by atoms with Crippen molar-refractivity contribution < 1.29 is 19.0 Å². The van der Waals surface area contributed by atoms with Crippen LogP contribution in [0.2, 0.25) is 0 Å². The number of carbonyl (C=O) groups excluding carboxylic acids is 1. The summed E-state index contributed by atoms with van der Waals surface area (Å²) < 4.78 is 19.2. The van der Waals surface area contributed by atoms with Crippen molar-refractivity contribution >= 4 is 23.8 Å². The highest BCUT2D eigenvalue weighted by Crippen LogP contribution is 2.28. The molecule has 2 aromatic heterocycles. The second kappa shape index (κ2) is 11.0. The van der Waals surface area contributed by atoms with E-state index >= 15 is 0 Å². The first kappa shape index (κ1) is 27.3. The molecule has 3 aromatic rings. The molecule has 0 saturated carbocycles. The minimum atomic E-state index is -0.168. The zero-order chi connectivity index (χ0) is 24.3. The van der Waals surface area contributed by atoms with E-state index in [2.05, 4.69) is 31.0 Å². The molecule has 0 radical (unpaired) electrons. The average Bonchev–Trinajstić information content (AvgIpc) is 3.07. The normalized spacial score (nSPS) is 11.4. The standard InChI is InChI=1S/C24H33N5O4.ClH/c1-8-32-22-16(3)15(2)21-26-28(23(25)29(21)27-22)14-20(30)17-11-18(24(4,5)6)13-19(12-17)33-10-9-31-7;/h11-13,25H,8-10,14H2,1-7H3;1H. The summed E-state index contributed by atoms with van der Waals surface area (Å²) in [5.41, 5.74) is 3.59. The highest BCUT2D eigenvalue weighted by Gasteiger charge is 2.20. The summed E-state index contributed by atoms with van der Waals surface area (Å²) in [6.07, 6.45) is 0. The summed E-state index contributed by atoms with van der Waals surface area (Å²) in [5.74, 6) is 0.907. The summed E-state index contributed by atoms with van der Waals surface area (Å²) >= 11 is 0. The van der Waals surface area contributed by atoms with Crippen LogP contribution < -0.4 is 15.1 Å². The number of aryl methyl sites for hydroxylation is 1. The zero-order valence-electron chi connectivity index (χ0n) is 20.9. The van der Waals surface area contributed by atoms with Gasteiger partial charge in [-0.1, -0.05) is 20.8 Å². The maximum Gasteiger partial charge on any atom is 0.242 e. The topological polar surface area (TPSA) is 104 Å². The summed E-state index contributed by atoms with van der Waals surface area (Å²) in [6, 6.07) is 5.56. The van der Waals surface area contributed by atoms with E-state index in [-0.39, 0.29) is 35.8 Å². The molecule has 0 saturated heterocycles. The van der Waals surface area contributed by atoms with Crippen molar-refractivity contribution in [2.75, 3.05) is 26.9 Å². The number of hydrogen-bond donors (Lipinski definition) is 1. The second-order valence-electron chi connectivity index (χ2n) is 8.97. The Balaban J connectivity index is 0.00000408. The van der Waals surface area contributed by atoms with E-state index in [4.69, 9.17) is 19.6 Å². The molecule has 0 aliphatic heterocycles. The summed E-state index contributed by atoms with van der Waals surface area (Å²) in [5, 5.41) is 17.4. The van der Waals surface area contributed by atoms with Crippen LogP contribution in [0.25, 0.3) is 5.65 Å². The molecular weight excluding hydrogens is 458 g/mol. The first-order chi connectivity index (χ1) is 15.6. The Morgan fingerprint density at radius 1 is 1.06 bits per heavy atom. The predicted octanol–water partition coefficient (Wildman–Crippen LogP) is 3.65. The predicted molar refractivity (Wildman–Crippen MR) is 132 cm³/mol. The van der Waals surface area contributed by atoms with E-state index < -0.39 is 0 Å². The van der Waals surface area contributed by atoms with E-state index in [1.54, 1.807) is 13.2 Å². The van der Waals surface area contributed by atoms with Crippen molar-refractivity contribution in [2.45, 2.75) is 53.5 Å². The van der Waals surface area contributed by atoms with Crippen LogP contribution in [0.3, 0.4) is 0 Å². The number of carbonyl (C=O) groups is 1. The van der Waals surface area contributed by atoms with Gasteiger partial charge < -0.3 is 14.2 Å². The minimum Gasteiger partial charge on any atom is -0.491 e. The van der Waals surface area contributed by atoms with Gasteiger partial charge in [0.25, 0.3) is 0 Å². The van der Waals surface area contributed by atoms with Crippen LogP contribution in [0.5, 0.6) is 11.6 Å². The lowest BCUT2D eigenvalue weighted by molar-refractivity contribution is 0.0964. The van der Waals surface area contributed by atoms with Gasteiger partial charge in [-0.3, -0.25) is 10.2 Å². The van der Waals surface area contributed by atoms with Crippen molar-refractivity contribution in [3.05, 3.63) is 46.1 Å². The Bertz CT molecular complexity index is 1230. The number of aromatic nitrogens is 4. The monoisotopic (exact) mass is 491 g/mol. The van der Waals surface area contributed by atoms with Gasteiger partial charge >= 0.3 is 0 Å². The third kappa shape index (κ3) is 5.77. The minimum absolute atomic E-state index is 0. The average molecular weight is 492 g/mol. The molecule has 9 nitrogen and oxygen atoms in total. The number of fused-ring (bicyclic) bond motifs is 1. The molecule has 0 atom stereocenters. The van der Waals surface area contributed by atoms with Gasteiger partial charge in [-0.25, -0.2) is 4.68 Å². The number of halogens is 1. The van der Waals surface area contributed by atoms with Crippen LogP contribution in [0.4, 0.5) is 0 Å². The number of methoxy groups -OCH3 is 1. The quantitative estimate of drug-likeness (QED) is 0.362. The maximum atomic E-state index is 13.2. The van der Waals surface area contributed by atoms with Crippen molar-refractivity contribution in [1.29, 1.82) is 5.41 Å². The van der Waals surface area contributed by atoms with Gasteiger partial charge in [0.05, 0.1) is 13.2 Å². The molecule has 10 heteroatoms. The Labute approximate surface area is 205 Å². The Kier molecular flexibility index (Phi) is 8.85. The highest BCUT2D eigenvalue weighted by atomic mass is 35.5. The third-order valence-corrected chi connectivity index (χ3v) is 5.50. The second-order valence-corrected chi connectivity index (χ2v) is 8.97. The van der Waals surface area contributed by atoms with Gasteiger partial charge in [0.15, 0.2) is 11.4 Å². The number of nitrogens with zero attached hydrogens (tertiary/aromatic N) is 4. The van der Waals surface area contributed by atoms with Crippen LogP contribution >= 0.6 is 12.4 Å². The summed E-state index contributed by atoms with van der Waals surface area (Å²) in [6.45, 7) is 13.2. The molecule has 0 unspecified atom stereocenters. The molecule has 186 valence electrons. The zero-order valence-corrected chi connectivity index (χ0v) is 21.7. The first-order valence-corrected chi connectivity index (χ1v) is 11.0. The molecular formula is C24H34ClN5O4. The number of nitrogens with one attached hydrogen (secondary N) is 1. The van der Waals surface area contributed by atoms with E-state index in [0.29, 0.717) is 42.7 Å². The van der Waals surface area contributed by atoms with Gasteiger partial charge in [-0.2, -0.15) is 4.52 Å². The Morgan fingerprint density at radius 2 is 1.76 bits per heavy atom. The molecule has 1 aromatic carbocycles. The van der Waals surface area contributed by atoms with Gasteiger partial charge in [0.2, 0.25) is 11.5 Å². The number of hydrogen-bond acceptors (Lipinski definition) is 7. The molecule has 0 aliphatic carbocycles. The fourth-order valence-electron chi connectivity index (χ4n) is 3.37. The molecule has 0 spiro atoms. The molecule has 2 heterocycles. The van der Waals surface area contributed by atoms with Gasteiger partial charge in [0.1, 0.15) is 18.9 Å². The van der Waals surface area contributed by atoms with Crippen molar-refractivity contribution in [1.82, 2.24) is 19.4 Å². The molecule has 0 bridgehead atoms. The SMILES string of the molecule is CCOc1nn2c(=N)n(CC(=O)c3cc(OCCOC)cc(C(C)(C)C)c3)nc2c(C)c1C.Cl. The Morgan fingerprint density at radius 3 is 2.38 bits per heavy atom. The van der Waals surface area contributed by atoms with E-state index in [1.165, 1.54) is 9.20 Å².